The summed E-state index contributed by atoms with van der Waals surface area (Å²) in [5.41, 5.74) is -1.55. The Morgan fingerprint density at radius 1 is 1.50 bits per heavy atom. The third kappa shape index (κ3) is 2.69. The summed E-state index contributed by atoms with van der Waals surface area (Å²) in [6.07, 6.45) is -2.80. The van der Waals surface area contributed by atoms with Gasteiger partial charge in [-0.05, 0) is 6.92 Å². The molecule has 90 valence electrons. The van der Waals surface area contributed by atoms with Gasteiger partial charge in [0.05, 0.1) is 23.7 Å². The Morgan fingerprint density at radius 3 is 2.56 bits per heavy atom. The molecule has 1 aromatic rings. The molecule has 0 spiro atoms. The summed E-state index contributed by atoms with van der Waals surface area (Å²) in [5.74, 6) is -1.00. The second kappa shape index (κ2) is 4.78. The van der Waals surface area contributed by atoms with Gasteiger partial charge in [-0.3, -0.25) is 0 Å². The molecule has 0 aliphatic rings. The van der Waals surface area contributed by atoms with Crippen molar-refractivity contribution in [1.82, 2.24) is 4.57 Å². The summed E-state index contributed by atoms with van der Waals surface area (Å²) in [6, 6.07) is -0.164. The molecule has 1 rings (SSSR count). The minimum Gasteiger partial charge on any atom is -0.462 e. The van der Waals surface area contributed by atoms with Crippen LogP contribution in [-0.4, -0.2) is 17.1 Å². The lowest BCUT2D eigenvalue weighted by Crippen LogP contribution is -2.12. The fourth-order valence-electron chi connectivity index (χ4n) is 1.17. The molecule has 0 aromatic carbocycles. The van der Waals surface area contributed by atoms with Crippen molar-refractivity contribution in [3.05, 3.63) is 23.5 Å². The Bertz CT molecular complexity index is 387. The Balaban J connectivity index is 3.15. The molecule has 7 heteroatoms. The predicted octanol–water partition coefficient (Wildman–Crippen LogP) is 2.88. The average Bonchev–Trinajstić information content (AvgIpc) is 2.61. The minimum atomic E-state index is -4.60. The van der Waals surface area contributed by atoms with Gasteiger partial charge >= 0.3 is 12.1 Å². The predicted molar refractivity (Wildman–Crippen MR) is 51.2 cm³/mol. The van der Waals surface area contributed by atoms with E-state index < -0.39 is 23.3 Å². The summed E-state index contributed by atoms with van der Waals surface area (Å²) in [4.78, 5) is 11.3. The number of hydrogen-bond donors (Lipinski definition) is 0. The van der Waals surface area contributed by atoms with E-state index in [4.69, 9.17) is 11.6 Å². The molecule has 0 aliphatic heterocycles. The molecule has 0 radical (unpaired) electrons. The van der Waals surface area contributed by atoms with Gasteiger partial charge in [-0.25, -0.2) is 4.79 Å². The van der Waals surface area contributed by atoms with Crippen LogP contribution in [0.4, 0.5) is 13.2 Å². The third-order valence-corrected chi connectivity index (χ3v) is 2.09. The van der Waals surface area contributed by atoms with Crippen molar-refractivity contribution in [3.63, 3.8) is 0 Å². The Hall–Kier alpha value is -1.17. The standard InChI is InChI=1S/C9H9ClF3NO2/c1-2-16-8(15)6-3-14(5-10)4-7(6)9(11,12)13/h3-4H,2,5H2,1H3. The van der Waals surface area contributed by atoms with Crippen molar-refractivity contribution in [2.45, 2.75) is 19.1 Å². The van der Waals surface area contributed by atoms with E-state index in [1.165, 1.54) is 6.92 Å². The molecule has 0 fully saturated rings. The number of aromatic nitrogens is 1. The molecule has 0 amide bonds. The van der Waals surface area contributed by atoms with Crippen LogP contribution >= 0.6 is 11.6 Å². The highest BCUT2D eigenvalue weighted by molar-refractivity contribution is 6.15. The second-order valence-electron chi connectivity index (χ2n) is 2.94. The van der Waals surface area contributed by atoms with Gasteiger partial charge in [-0.15, -0.1) is 11.6 Å². The SMILES string of the molecule is CCOC(=O)c1cn(CCl)cc1C(F)(F)F. The van der Waals surface area contributed by atoms with E-state index in [1.54, 1.807) is 0 Å². The minimum absolute atomic E-state index is 0.0161. The fraction of sp³-hybridized carbons (Fsp3) is 0.444. The third-order valence-electron chi connectivity index (χ3n) is 1.82. The first-order chi connectivity index (χ1) is 7.40. The van der Waals surface area contributed by atoms with Gasteiger partial charge in [-0.1, -0.05) is 0 Å². The Labute approximate surface area is 94.8 Å². The molecule has 3 nitrogen and oxygen atoms in total. The maximum atomic E-state index is 12.5. The molecule has 1 aromatic heterocycles. The average molecular weight is 256 g/mol. The van der Waals surface area contributed by atoms with Crippen LogP contribution in [0.3, 0.4) is 0 Å². The molecular formula is C9H9ClF3NO2. The van der Waals surface area contributed by atoms with Crippen molar-refractivity contribution in [2.24, 2.45) is 0 Å². The van der Waals surface area contributed by atoms with Crippen LogP contribution in [0.5, 0.6) is 0 Å². The van der Waals surface area contributed by atoms with Gasteiger partial charge in [0.25, 0.3) is 0 Å². The summed E-state index contributed by atoms with van der Waals surface area (Å²) < 4.78 is 43.2. The van der Waals surface area contributed by atoms with Gasteiger partial charge in [0.15, 0.2) is 0 Å². The summed E-state index contributed by atoms with van der Waals surface area (Å²) in [5, 5.41) is 0. The Morgan fingerprint density at radius 2 is 2.12 bits per heavy atom. The number of nitrogens with zero attached hydrogens (tertiary/aromatic N) is 1. The number of rotatable bonds is 3. The van der Waals surface area contributed by atoms with Gasteiger partial charge in [0.1, 0.15) is 0 Å². The molecule has 0 aliphatic carbocycles. The van der Waals surface area contributed by atoms with Crippen molar-refractivity contribution in [3.8, 4) is 0 Å². The van der Waals surface area contributed by atoms with Crippen molar-refractivity contribution in [2.75, 3.05) is 6.61 Å². The smallest absolute Gasteiger partial charge is 0.418 e. The van der Waals surface area contributed by atoms with Crippen LogP contribution in [0.15, 0.2) is 12.4 Å². The van der Waals surface area contributed by atoms with E-state index in [2.05, 4.69) is 4.74 Å². The van der Waals surface area contributed by atoms with Gasteiger partial charge in [-0.2, -0.15) is 13.2 Å². The topological polar surface area (TPSA) is 31.2 Å². The second-order valence-corrected chi connectivity index (χ2v) is 3.18. The number of carbonyl (C=O) groups is 1. The Kier molecular flexibility index (Phi) is 3.85. The van der Waals surface area contributed by atoms with Crippen LogP contribution in [0.2, 0.25) is 0 Å². The zero-order valence-corrected chi connectivity index (χ0v) is 9.10. The molecule has 0 unspecified atom stereocenters. The zero-order valence-electron chi connectivity index (χ0n) is 8.34. The number of halogens is 4. The highest BCUT2D eigenvalue weighted by Gasteiger charge is 2.37. The van der Waals surface area contributed by atoms with Gasteiger partial charge in [0.2, 0.25) is 0 Å². The summed E-state index contributed by atoms with van der Waals surface area (Å²) in [6.45, 7) is 1.53. The first-order valence-electron chi connectivity index (χ1n) is 4.40. The van der Waals surface area contributed by atoms with E-state index in [9.17, 15) is 18.0 Å². The summed E-state index contributed by atoms with van der Waals surface area (Å²) >= 11 is 5.39. The van der Waals surface area contributed by atoms with Crippen molar-refractivity contribution < 1.29 is 22.7 Å². The van der Waals surface area contributed by atoms with E-state index in [1.807, 2.05) is 0 Å². The van der Waals surface area contributed by atoms with E-state index in [0.717, 1.165) is 17.0 Å². The van der Waals surface area contributed by atoms with E-state index in [-0.39, 0.29) is 12.6 Å². The summed E-state index contributed by atoms with van der Waals surface area (Å²) in [7, 11) is 0. The van der Waals surface area contributed by atoms with Crippen LogP contribution in [-0.2, 0) is 16.9 Å². The normalized spacial score (nSPS) is 11.6. The maximum absolute atomic E-state index is 12.5. The lowest BCUT2D eigenvalue weighted by molar-refractivity contribution is -0.138. The first-order valence-corrected chi connectivity index (χ1v) is 4.93. The quantitative estimate of drug-likeness (QED) is 0.614. The number of carbonyl (C=O) groups excluding carboxylic acids is 1. The van der Waals surface area contributed by atoms with Crippen LogP contribution in [0.1, 0.15) is 22.8 Å². The fourth-order valence-corrected chi connectivity index (χ4v) is 1.31. The number of esters is 1. The molecule has 0 N–H and O–H groups in total. The maximum Gasteiger partial charge on any atom is 0.418 e. The number of alkyl halides is 4. The van der Waals surface area contributed by atoms with Crippen LogP contribution in [0, 0.1) is 0 Å². The first kappa shape index (κ1) is 12.9. The molecule has 0 atom stereocenters. The highest BCUT2D eigenvalue weighted by atomic mass is 35.5. The van der Waals surface area contributed by atoms with Gasteiger partial charge in [0, 0.05) is 12.4 Å². The van der Waals surface area contributed by atoms with E-state index in [0.29, 0.717) is 0 Å². The van der Waals surface area contributed by atoms with Gasteiger partial charge < -0.3 is 9.30 Å². The molecule has 1 heterocycles. The van der Waals surface area contributed by atoms with Crippen molar-refractivity contribution in [1.29, 1.82) is 0 Å². The molecule has 0 bridgehead atoms. The largest absolute Gasteiger partial charge is 0.462 e. The molecule has 0 saturated carbocycles. The van der Waals surface area contributed by atoms with E-state index >= 15 is 0 Å². The number of ether oxygens (including phenoxy) is 1. The lowest BCUT2D eigenvalue weighted by Gasteiger charge is -2.06. The molecule has 16 heavy (non-hydrogen) atoms. The number of hydrogen-bond acceptors (Lipinski definition) is 2. The van der Waals surface area contributed by atoms with Crippen LogP contribution in [0.25, 0.3) is 0 Å². The zero-order chi connectivity index (χ0) is 12.3. The highest BCUT2D eigenvalue weighted by Crippen LogP contribution is 2.33. The van der Waals surface area contributed by atoms with Crippen molar-refractivity contribution >= 4 is 17.6 Å². The van der Waals surface area contributed by atoms with Crippen LogP contribution < -0.4 is 0 Å². The molecular weight excluding hydrogens is 247 g/mol. The lowest BCUT2D eigenvalue weighted by atomic mass is 10.2. The molecule has 0 saturated heterocycles. The monoisotopic (exact) mass is 255 g/mol.